The van der Waals surface area contributed by atoms with Crippen LogP contribution in [-0.4, -0.2) is 29.6 Å². The van der Waals surface area contributed by atoms with Gasteiger partial charge in [0.25, 0.3) is 0 Å². The molecule has 5 N–H and O–H groups in total. The molecule has 2 unspecified atom stereocenters. The third kappa shape index (κ3) is 5.76. The number of rotatable bonds is 6. The lowest BCUT2D eigenvalue weighted by atomic mass is 9.92. The average Bonchev–Trinajstić information content (AvgIpc) is 2.62. The second kappa shape index (κ2) is 10.2. The number of aliphatic carboxylic acids is 1. The lowest BCUT2D eigenvalue weighted by molar-refractivity contribution is -0.138. The number of fused-ring (bicyclic) bond motifs is 1. The zero-order chi connectivity index (χ0) is 20.3. The fraction of sp³-hybridized carbons (Fsp3) is 0.300. The molecule has 1 amide bonds. The number of benzene rings is 2. The Hall–Kier alpha value is -1.99. The first kappa shape index (κ1) is 23.3. The van der Waals surface area contributed by atoms with Gasteiger partial charge in [-0.05, 0) is 36.2 Å². The van der Waals surface area contributed by atoms with Gasteiger partial charge < -0.3 is 21.5 Å². The first-order valence-electron chi connectivity index (χ1n) is 8.93. The van der Waals surface area contributed by atoms with E-state index in [0.717, 1.165) is 17.5 Å². The Morgan fingerprint density at radius 2 is 1.83 bits per heavy atom. The van der Waals surface area contributed by atoms with Crippen LogP contribution in [-0.2, 0) is 22.4 Å². The number of carbonyl (C=O) groups is 2. The minimum Gasteiger partial charge on any atom is -0.480 e. The highest BCUT2D eigenvalue weighted by molar-refractivity contribution is 6.35. The summed E-state index contributed by atoms with van der Waals surface area (Å²) < 4.78 is 0. The number of nitrogens with one attached hydrogen (secondary N) is 2. The van der Waals surface area contributed by atoms with E-state index in [-0.39, 0.29) is 31.2 Å². The van der Waals surface area contributed by atoms with Crippen molar-refractivity contribution in [1.29, 1.82) is 0 Å². The third-order valence-electron chi connectivity index (χ3n) is 4.70. The van der Waals surface area contributed by atoms with E-state index in [4.69, 9.17) is 28.9 Å². The highest BCUT2D eigenvalue weighted by atomic mass is 35.5. The summed E-state index contributed by atoms with van der Waals surface area (Å²) in [7, 11) is 0. The largest absolute Gasteiger partial charge is 0.480 e. The molecule has 1 aliphatic rings. The van der Waals surface area contributed by atoms with Gasteiger partial charge in [0.15, 0.2) is 0 Å². The number of halogens is 3. The lowest BCUT2D eigenvalue weighted by Crippen LogP contribution is -2.41. The number of nitrogens with two attached hydrogens (primary N) is 1. The summed E-state index contributed by atoms with van der Waals surface area (Å²) in [4.78, 5) is 24.1. The van der Waals surface area contributed by atoms with Gasteiger partial charge in [-0.1, -0.05) is 47.5 Å². The number of hydrogen-bond donors (Lipinski definition) is 4. The Morgan fingerprint density at radius 3 is 2.45 bits per heavy atom. The van der Waals surface area contributed by atoms with Crippen LogP contribution in [0.15, 0.2) is 36.4 Å². The third-order valence-corrected chi connectivity index (χ3v) is 5.23. The molecule has 156 valence electrons. The highest BCUT2D eigenvalue weighted by Gasteiger charge is 2.33. The number of anilines is 1. The summed E-state index contributed by atoms with van der Waals surface area (Å²) in [6, 6.07) is 9.53. The average molecular weight is 459 g/mol. The Labute approximate surface area is 185 Å². The monoisotopic (exact) mass is 457 g/mol. The SMILES string of the molecule is Cl.NCCc1ccc(CC(=O)NC2CC(C(=O)O)Nc3cc(Cl)cc(Cl)c32)cc1. The number of carboxylic acids is 1. The van der Waals surface area contributed by atoms with Gasteiger partial charge in [-0.15, -0.1) is 12.4 Å². The summed E-state index contributed by atoms with van der Waals surface area (Å²) >= 11 is 12.4. The van der Waals surface area contributed by atoms with Crippen LogP contribution in [0.2, 0.25) is 10.0 Å². The molecule has 0 radical (unpaired) electrons. The molecule has 0 saturated heterocycles. The predicted octanol–water partition coefficient (Wildman–Crippen LogP) is 3.59. The van der Waals surface area contributed by atoms with Gasteiger partial charge in [-0.3, -0.25) is 4.79 Å². The van der Waals surface area contributed by atoms with Crippen molar-refractivity contribution >= 4 is 53.2 Å². The summed E-state index contributed by atoms with van der Waals surface area (Å²) in [6.07, 6.45) is 1.16. The fourth-order valence-corrected chi connectivity index (χ4v) is 4.00. The maximum Gasteiger partial charge on any atom is 0.326 e. The van der Waals surface area contributed by atoms with E-state index in [2.05, 4.69) is 10.6 Å². The van der Waals surface area contributed by atoms with Crippen LogP contribution in [0.1, 0.15) is 29.2 Å². The lowest BCUT2D eigenvalue weighted by Gasteiger charge is -2.32. The Bertz CT molecular complexity index is 891. The number of hydrogen-bond acceptors (Lipinski definition) is 4. The van der Waals surface area contributed by atoms with E-state index >= 15 is 0 Å². The van der Waals surface area contributed by atoms with Crippen LogP contribution in [0.4, 0.5) is 5.69 Å². The molecule has 29 heavy (non-hydrogen) atoms. The van der Waals surface area contributed by atoms with Crippen molar-refractivity contribution in [3.63, 3.8) is 0 Å². The molecule has 0 bridgehead atoms. The second-order valence-electron chi connectivity index (χ2n) is 6.77. The molecule has 0 saturated carbocycles. The van der Waals surface area contributed by atoms with Gasteiger partial charge >= 0.3 is 5.97 Å². The van der Waals surface area contributed by atoms with Crippen LogP contribution >= 0.6 is 35.6 Å². The van der Waals surface area contributed by atoms with Crippen molar-refractivity contribution in [3.8, 4) is 0 Å². The van der Waals surface area contributed by atoms with Gasteiger partial charge in [0.1, 0.15) is 6.04 Å². The summed E-state index contributed by atoms with van der Waals surface area (Å²) in [5, 5.41) is 16.0. The molecule has 0 spiro atoms. The molecule has 0 aliphatic carbocycles. The van der Waals surface area contributed by atoms with Crippen molar-refractivity contribution in [1.82, 2.24) is 5.32 Å². The van der Waals surface area contributed by atoms with E-state index in [1.54, 1.807) is 12.1 Å². The molecule has 2 atom stereocenters. The van der Waals surface area contributed by atoms with Crippen molar-refractivity contribution in [2.24, 2.45) is 5.73 Å². The van der Waals surface area contributed by atoms with Gasteiger partial charge in [0.05, 0.1) is 12.5 Å². The first-order chi connectivity index (χ1) is 13.4. The van der Waals surface area contributed by atoms with Crippen LogP contribution < -0.4 is 16.4 Å². The molecular formula is C20H22Cl3N3O3. The quantitative estimate of drug-likeness (QED) is 0.529. The predicted molar refractivity (Wildman–Crippen MR) is 117 cm³/mol. The normalized spacial score (nSPS) is 17.5. The Morgan fingerprint density at radius 1 is 1.17 bits per heavy atom. The van der Waals surface area contributed by atoms with Gasteiger partial charge in [-0.2, -0.15) is 0 Å². The van der Waals surface area contributed by atoms with Crippen LogP contribution in [0, 0.1) is 0 Å². The van der Waals surface area contributed by atoms with Crippen molar-refractivity contribution < 1.29 is 14.7 Å². The summed E-state index contributed by atoms with van der Waals surface area (Å²) in [6.45, 7) is 0.574. The van der Waals surface area contributed by atoms with Gasteiger partial charge in [-0.25, -0.2) is 4.79 Å². The topological polar surface area (TPSA) is 104 Å². The van der Waals surface area contributed by atoms with Gasteiger partial charge in [0, 0.05) is 27.7 Å². The molecule has 1 aliphatic heterocycles. The maximum absolute atomic E-state index is 12.6. The van der Waals surface area contributed by atoms with Crippen LogP contribution in [0.5, 0.6) is 0 Å². The number of carboxylic acid groups (broad SMARTS) is 1. The second-order valence-corrected chi connectivity index (χ2v) is 7.62. The summed E-state index contributed by atoms with van der Waals surface area (Å²) in [5.41, 5.74) is 8.70. The molecule has 6 nitrogen and oxygen atoms in total. The van der Waals surface area contributed by atoms with Crippen LogP contribution in [0.3, 0.4) is 0 Å². The Kier molecular flexibility index (Phi) is 8.16. The van der Waals surface area contributed by atoms with Crippen molar-refractivity contribution in [2.45, 2.75) is 31.3 Å². The maximum atomic E-state index is 12.6. The molecule has 0 aromatic heterocycles. The zero-order valence-corrected chi connectivity index (χ0v) is 17.8. The zero-order valence-electron chi connectivity index (χ0n) is 15.5. The van der Waals surface area contributed by atoms with Crippen molar-refractivity contribution in [3.05, 3.63) is 63.1 Å². The van der Waals surface area contributed by atoms with Crippen LogP contribution in [0.25, 0.3) is 0 Å². The van der Waals surface area contributed by atoms with E-state index in [1.165, 1.54) is 0 Å². The number of carbonyl (C=O) groups excluding carboxylic acids is 1. The highest BCUT2D eigenvalue weighted by Crippen LogP contribution is 2.39. The molecule has 0 fully saturated rings. The molecule has 2 aromatic carbocycles. The molecule has 2 aromatic rings. The number of amides is 1. The smallest absolute Gasteiger partial charge is 0.326 e. The molecule has 3 rings (SSSR count). The van der Waals surface area contributed by atoms with Crippen molar-refractivity contribution in [2.75, 3.05) is 11.9 Å². The van der Waals surface area contributed by atoms with E-state index in [9.17, 15) is 14.7 Å². The molecule has 9 heteroatoms. The Balaban J connectivity index is 0.00000300. The molecular weight excluding hydrogens is 437 g/mol. The minimum absolute atomic E-state index is 0. The fourth-order valence-electron chi connectivity index (χ4n) is 3.37. The van der Waals surface area contributed by atoms with E-state index in [1.807, 2.05) is 24.3 Å². The van der Waals surface area contributed by atoms with Gasteiger partial charge in [0.2, 0.25) is 5.91 Å². The van der Waals surface area contributed by atoms with E-state index < -0.39 is 18.1 Å². The minimum atomic E-state index is -1.00. The first-order valence-corrected chi connectivity index (χ1v) is 9.68. The standard InChI is InChI=1S/C20H21Cl2N3O3.ClH/c21-13-8-14(22)19-15(9-13)24-17(20(27)28)10-16(19)25-18(26)7-12-3-1-11(2-4-12)5-6-23;/h1-4,8-9,16-17,24H,5-7,10,23H2,(H,25,26)(H,27,28);1H. The summed E-state index contributed by atoms with van der Waals surface area (Å²) in [5.74, 6) is -1.21. The van der Waals surface area contributed by atoms with E-state index in [0.29, 0.717) is 27.8 Å². The molecule has 1 heterocycles.